The van der Waals surface area contributed by atoms with E-state index < -0.39 is 18.0 Å². The van der Waals surface area contributed by atoms with Crippen molar-refractivity contribution < 1.29 is 14.6 Å². The summed E-state index contributed by atoms with van der Waals surface area (Å²) in [5.74, 6) is -0.223. The summed E-state index contributed by atoms with van der Waals surface area (Å²) < 4.78 is 12.9. The molecule has 0 aliphatic heterocycles. The molecule has 2 N–H and O–H groups in total. The third kappa shape index (κ3) is 3.91. The molecular weight excluding hydrogens is 267 g/mol. The van der Waals surface area contributed by atoms with Crippen molar-refractivity contribution in [3.63, 3.8) is 0 Å². The predicted molar refractivity (Wildman–Crippen MR) is 73.7 cm³/mol. The molecule has 0 bridgehead atoms. The van der Waals surface area contributed by atoms with Crippen LogP contribution in [0.3, 0.4) is 0 Å². The standard InChI is InChI=1S/C15H20ClFO2/c16-13-9-12(17)7-6-11(13)8-14(18)15(19)10-4-2-1-3-5-10/h6-7,9-10,14-15,18-19H,1-5,8H2. The van der Waals surface area contributed by atoms with E-state index in [-0.39, 0.29) is 12.3 Å². The Balaban J connectivity index is 1.97. The lowest BCUT2D eigenvalue weighted by molar-refractivity contribution is -0.0263. The number of halogens is 2. The molecule has 1 aromatic carbocycles. The van der Waals surface area contributed by atoms with E-state index in [1.54, 1.807) is 6.07 Å². The number of rotatable bonds is 4. The fourth-order valence-electron chi connectivity index (χ4n) is 2.82. The topological polar surface area (TPSA) is 40.5 Å². The Kier molecular flexibility index (Phi) is 5.20. The Morgan fingerprint density at radius 2 is 1.89 bits per heavy atom. The molecule has 2 nitrogen and oxygen atoms in total. The van der Waals surface area contributed by atoms with Crippen molar-refractivity contribution >= 4 is 11.6 Å². The van der Waals surface area contributed by atoms with E-state index in [0.717, 1.165) is 25.7 Å². The van der Waals surface area contributed by atoms with Gasteiger partial charge in [0.25, 0.3) is 0 Å². The van der Waals surface area contributed by atoms with Crippen LogP contribution in [0.4, 0.5) is 4.39 Å². The van der Waals surface area contributed by atoms with Crippen molar-refractivity contribution in [2.45, 2.75) is 50.7 Å². The van der Waals surface area contributed by atoms with E-state index in [9.17, 15) is 14.6 Å². The van der Waals surface area contributed by atoms with E-state index in [4.69, 9.17) is 11.6 Å². The first-order chi connectivity index (χ1) is 9.08. The van der Waals surface area contributed by atoms with Gasteiger partial charge in [0.1, 0.15) is 5.82 Å². The lowest BCUT2D eigenvalue weighted by atomic mass is 9.82. The highest BCUT2D eigenvalue weighted by Gasteiger charge is 2.28. The van der Waals surface area contributed by atoms with E-state index in [1.165, 1.54) is 18.6 Å². The van der Waals surface area contributed by atoms with Crippen molar-refractivity contribution in [3.05, 3.63) is 34.6 Å². The van der Waals surface area contributed by atoms with Crippen LogP contribution in [-0.2, 0) is 6.42 Å². The number of aliphatic hydroxyl groups excluding tert-OH is 2. The maximum absolute atomic E-state index is 12.9. The van der Waals surface area contributed by atoms with Gasteiger partial charge in [0.05, 0.1) is 12.2 Å². The zero-order valence-electron chi connectivity index (χ0n) is 10.9. The fourth-order valence-corrected chi connectivity index (χ4v) is 3.07. The lowest BCUT2D eigenvalue weighted by Crippen LogP contribution is -2.36. The molecule has 0 amide bonds. The third-order valence-electron chi connectivity index (χ3n) is 3.97. The summed E-state index contributed by atoms with van der Waals surface area (Å²) >= 11 is 5.93. The third-order valence-corrected chi connectivity index (χ3v) is 4.32. The quantitative estimate of drug-likeness (QED) is 0.891. The van der Waals surface area contributed by atoms with Crippen molar-refractivity contribution in [3.8, 4) is 0 Å². The van der Waals surface area contributed by atoms with Crippen LogP contribution in [-0.4, -0.2) is 22.4 Å². The monoisotopic (exact) mass is 286 g/mol. The van der Waals surface area contributed by atoms with Gasteiger partial charge in [-0.2, -0.15) is 0 Å². The Morgan fingerprint density at radius 3 is 2.53 bits per heavy atom. The maximum Gasteiger partial charge on any atom is 0.124 e. The minimum Gasteiger partial charge on any atom is -0.390 e. The lowest BCUT2D eigenvalue weighted by Gasteiger charge is -2.29. The number of benzene rings is 1. The molecule has 1 aliphatic rings. The van der Waals surface area contributed by atoms with E-state index >= 15 is 0 Å². The molecule has 19 heavy (non-hydrogen) atoms. The molecule has 2 unspecified atom stereocenters. The number of hydrogen-bond acceptors (Lipinski definition) is 2. The van der Waals surface area contributed by atoms with Crippen LogP contribution in [0.5, 0.6) is 0 Å². The Bertz CT molecular complexity index is 419. The van der Waals surface area contributed by atoms with Crippen LogP contribution in [0, 0.1) is 11.7 Å². The Labute approximate surface area is 118 Å². The molecule has 1 aliphatic carbocycles. The summed E-state index contributed by atoms with van der Waals surface area (Å²) in [6, 6.07) is 4.12. The van der Waals surface area contributed by atoms with Crippen LogP contribution < -0.4 is 0 Å². The molecule has 2 atom stereocenters. The molecular formula is C15H20ClFO2. The van der Waals surface area contributed by atoms with Crippen LogP contribution in [0.15, 0.2) is 18.2 Å². The highest BCUT2D eigenvalue weighted by molar-refractivity contribution is 6.31. The molecule has 1 fully saturated rings. The molecule has 0 saturated heterocycles. The first-order valence-corrected chi connectivity index (χ1v) is 7.26. The van der Waals surface area contributed by atoms with Gasteiger partial charge in [-0.05, 0) is 36.5 Å². The van der Waals surface area contributed by atoms with Gasteiger partial charge in [0.2, 0.25) is 0 Å². The second kappa shape index (κ2) is 6.69. The smallest absolute Gasteiger partial charge is 0.124 e. The zero-order valence-corrected chi connectivity index (χ0v) is 11.6. The van der Waals surface area contributed by atoms with Gasteiger partial charge in [-0.3, -0.25) is 0 Å². The van der Waals surface area contributed by atoms with Crippen molar-refractivity contribution in [2.75, 3.05) is 0 Å². The van der Waals surface area contributed by atoms with Gasteiger partial charge < -0.3 is 10.2 Å². The SMILES string of the molecule is OC(Cc1ccc(F)cc1Cl)C(O)C1CCCCC1. The Morgan fingerprint density at radius 1 is 1.21 bits per heavy atom. The average molecular weight is 287 g/mol. The second-order valence-electron chi connectivity index (χ2n) is 5.40. The van der Waals surface area contributed by atoms with Crippen LogP contribution in [0.1, 0.15) is 37.7 Å². The summed E-state index contributed by atoms with van der Waals surface area (Å²) in [5.41, 5.74) is 0.672. The maximum atomic E-state index is 12.9. The highest BCUT2D eigenvalue weighted by atomic mass is 35.5. The summed E-state index contributed by atoms with van der Waals surface area (Å²) in [5, 5.41) is 20.6. The second-order valence-corrected chi connectivity index (χ2v) is 5.80. The summed E-state index contributed by atoms with van der Waals surface area (Å²) in [6.07, 6.45) is 4.08. The number of aliphatic hydroxyl groups is 2. The molecule has 1 aromatic rings. The first-order valence-electron chi connectivity index (χ1n) is 6.88. The molecule has 106 valence electrons. The van der Waals surface area contributed by atoms with Gasteiger partial charge in [0, 0.05) is 11.4 Å². The molecule has 0 radical (unpaired) electrons. The minimum absolute atomic E-state index is 0.169. The highest BCUT2D eigenvalue weighted by Crippen LogP contribution is 2.29. The van der Waals surface area contributed by atoms with Crippen LogP contribution in [0.25, 0.3) is 0 Å². The van der Waals surface area contributed by atoms with Gasteiger partial charge in [-0.25, -0.2) is 4.39 Å². The fraction of sp³-hybridized carbons (Fsp3) is 0.600. The molecule has 0 heterocycles. The van der Waals surface area contributed by atoms with Gasteiger partial charge in [0.15, 0.2) is 0 Å². The van der Waals surface area contributed by atoms with Crippen molar-refractivity contribution in [1.29, 1.82) is 0 Å². The normalized spacial score (nSPS) is 20.2. The summed E-state index contributed by atoms with van der Waals surface area (Å²) in [6.45, 7) is 0. The van der Waals surface area contributed by atoms with Gasteiger partial charge >= 0.3 is 0 Å². The summed E-state index contributed by atoms with van der Waals surface area (Å²) in [4.78, 5) is 0. The van der Waals surface area contributed by atoms with Gasteiger partial charge in [-0.1, -0.05) is 36.9 Å². The van der Waals surface area contributed by atoms with E-state index in [2.05, 4.69) is 0 Å². The van der Waals surface area contributed by atoms with E-state index in [0.29, 0.717) is 10.6 Å². The molecule has 1 saturated carbocycles. The molecule has 4 heteroatoms. The minimum atomic E-state index is -0.842. The summed E-state index contributed by atoms with van der Waals surface area (Å²) in [7, 11) is 0. The first kappa shape index (κ1) is 14.8. The average Bonchev–Trinajstić information content (AvgIpc) is 2.42. The largest absolute Gasteiger partial charge is 0.390 e. The molecule has 0 aromatic heterocycles. The van der Waals surface area contributed by atoms with Gasteiger partial charge in [-0.15, -0.1) is 0 Å². The predicted octanol–water partition coefficient (Wildman–Crippen LogP) is 3.32. The molecule has 0 spiro atoms. The van der Waals surface area contributed by atoms with Crippen LogP contribution in [0.2, 0.25) is 5.02 Å². The Hall–Kier alpha value is -0.640. The molecule has 2 rings (SSSR count). The zero-order chi connectivity index (χ0) is 13.8. The van der Waals surface area contributed by atoms with E-state index in [1.807, 2.05) is 0 Å². The number of hydrogen-bond donors (Lipinski definition) is 2. The van der Waals surface area contributed by atoms with Crippen molar-refractivity contribution in [2.24, 2.45) is 5.92 Å². The van der Waals surface area contributed by atoms with Crippen LogP contribution >= 0.6 is 11.6 Å². The van der Waals surface area contributed by atoms with Crippen molar-refractivity contribution in [1.82, 2.24) is 0 Å².